The number of nitrogens with zero attached hydrogens (tertiary/aromatic N) is 1. The molecule has 1 amide bonds. The lowest BCUT2D eigenvalue weighted by molar-refractivity contribution is 0.0928. The average molecular weight is 356 g/mol. The molecule has 2 aromatic carbocycles. The summed E-state index contributed by atoms with van der Waals surface area (Å²) in [5, 5.41) is 3.85. The maximum Gasteiger partial charge on any atom is 0.307 e. The number of furan rings is 1. The number of halogens is 2. The first-order valence-corrected chi connectivity index (χ1v) is 7.60. The van der Waals surface area contributed by atoms with Crippen LogP contribution in [0.5, 0.6) is 5.75 Å². The van der Waals surface area contributed by atoms with Crippen LogP contribution in [0.3, 0.4) is 0 Å². The number of carbonyl (C=O) groups is 1. The van der Waals surface area contributed by atoms with Crippen molar-refractivity contribution >= 4 is 12.1 Å². The van der Waals surface area contributed by atoms with Crippen LogP contribution < -0.4 is 10.2 Å². The maximum absolute atomic E-state index is 13.8. The summed E-state index contributed by atoms with van der Waals surface area (Å²) in [6, 6.07) is 13.1. The number of ether oxygens (including phenoxy) is 1. The normalized spacial score (nSPS) is 10.9. The lowest BCUT2D eigenvalue weighted by Gasteiger charge is -2.03. The Kier molecular flexibility index (Phi) is 5.07. The van der Waals surface area contributed by atoms with Gasteiger partial charge in [-0.15, -0.1) is 0 Å². The minimum absolute atomic E-state index is 0.0547. The van der Waals surface area contributed by atoms with Crippen molar-refractivity contribution in [2.24, 2.45) is 5.10 Å². The summed E-state index contributed by atoms with van der Waals surface area (Å²) in [6.07, 6.45) is 1.43. The van der Waals surface area contributed by atoms with Gasteiger partial charge in [-0.1, -0.05) is 12.1 Å². The van der Waals surface area contributed by atoms with Crippen LogP contribution in [0.1, 0.15) is 16.1 Å². The fourth-order valence-electron chi connectivity index (χ4n) is 2.28. The third-order valence-corrected chi connectivity index (χ3v) is 3.54. The summed E-state index contributed by atoms with van der Waals surface area (Å²) < 4.78 is 37.2. The van der Waals surface area contributed by atoms with Gasteiger partial charge in [0, 0.05) is 11.6 Å². The molecule has 0 aliphatic carbocycles. The summed E-state index contributed by atoms with van der Waals surface area (Å²) in [6.45, 7) is 0. The van der Waals surface area contributed by atoms with Gasteiger partial charge in [0.05, 0.1) is 18.9 Å². The molecular formula is C19H14F2N2O3. The SMILES string of the molecule is COc1ccccc1/C=N/NC(=O)c1ccc(-c2ccc(F)cc2F)o1. The zero-order valence-corrected chi connectivity index (χ0v) is 13.7. The number of hydrogen-bond donors (Lipinski definition) is 1. The number of hydrogen-bond acceptors (Lipinski definition) is 4. The topological polar surface area (TPSA) is 63.8 Å². The van der Waals surface area contributed by atoms with Crippen LogP contribution in [0.2, 0.25) is 0 Å². The zero-order valence-electron chi connectivity index (χ0n) is 13.7. The van der Waals surface area contributed by atoms with Crippen molar-refractivity contribution in [1.29, 1.82) is 0 Å². The number of para-hydroxylation sites is 1. The van der Waals surface area contributed by atoms with E-state index in [0.717, 1.165) is 12.1 Å². The van der Waals surface area contributed by atoms with Crippen molar-refractivity contribution in [2.75, 3.05) is 7.11 Å². The van der Waals surface area contributed by atoms with E-state index in [1.54, 1.807) is 12.1 Å². The minimum Gasteiger partial charge on any atom is -0.496 e. The summed E-state index contributed by atoms with van der Waals surface area (Å²) in [4.78, 5) is 12.1. The molecule has 0 unspecified atom stereocenters. The quantitative estimate of drug-likeness (QED) is 0.555. The fourth-order valence-corrected chi connectivity index (χ4v) is 2.28. The number of amides is 1. The van der Waals surface area contributed by atoms with Crippen LogP contribution in [-0.4, -0.2) is 19.2 Å². The number of nitrogens with one attached hydrogen (secondary N) is 1. The maximum atomic E-state index is 13.8. The molecule has 0 aliphatic rings. The van der Waals surface area contributed by atoms with Gasteiger partial charge >= 0.3 is 5.91 Å². The third kappa shape index (κ3) is 3.77. The van der Waals surface area contributed by atoms with E-state index >= 15 is 0 Å². The zero-order chi connectivity index (χ0) is 18.5. The molecule has 0 radical (unpaired) electrons. The average Bonchev–Trinajstić information content (AvgIpc) is 3.12. The molecule has 0 aliphatic heterocycles. The highest BCUT2D eigenvalue weighted by Gasteiger charge is 2.14. The van der Waals surface area contributed by atoms with Gasteiger partial charge in [-0.25, -0.2) is 14.2 Å². The van der Waals surface area contributed by atoms with Crippen molar-refractivity contribution in [3.8, 4) is 17.1 Å². The molecular weight excluding hydrogens is 342 g/mol. The van der Waals surface area contributed by atoms with Gasteiger partial charge in [0.2, 0.25) is 0 Å². The number of rotatable bonds is 5. The summed E-state index contributed by atoms with van der Waals surface area (Å²) in [7, 11) is 1.53. The Hall–Kier alpha value is -3.48. The summed E-state index contributed by atoms with van der Waals surface area (Å²) in [5.74, 6) is -1.41. The fraction of sp³-hybridized carbons (Fsp3) is 0.0526. The van der Waals surface area contributed by atoms with Crippen molar-refractivity contribution in [1.82, 2.24) is 5.43 Å². The van der Waals surface area contributed by atoms with E-state index in [1.165, 1.54) is 31.5 Å². The van der Waals surface area contributed by atoms with Crippen molar-refractivity contribution in [2.45, 2.75) is 0 Å². The van der Waals surface area contributed by atoms with E-state index in [2.05, 4.69) is 10.5 Å². The lowest BCUT2D eigenvalue weighted by atomic mass is 10.1. The van der Waals surface area contributed by atoms with Crippen molar-refractivity contribution < 1.29 is 22.7 Å². The summed E-state index contributed by atoms with van der Waals surface area (Å²) in [5.41, 5.74) is 3.06. The highest BCUT2D eigenvalue weighted by atomic mass is 19.1. The predicted octanol–water partition coefficient (Wildman–Crippen LogP) is 4.00. The number of methoxy groups -OCH3 is 1. The van der Waals surface area contributed by atoms with Gasteiger partial charge in [-0.3, -0.25) is 4.79 Å². The monoisotopic (exact) mass is 356 g/mol. The molecule has 0 saturated carbocycles. The second-order valence-electron chi connectivity index (χ2n) is 5.23. The molecule has 1 N–H and O–H groups in total. The van der Waals surface area contributed by atoms with Gasteiger partial charge in [0.15, 0.2) is 5.76 Å². The van der Waals surface area contributed by atoms with Gasteiger partial charge in [-0.2, -0.15) is 5.10 Å². The standard InChI is InChI=1S/C19H14F2N2O3/c1-25-16-5-3-2-4-12(16)11-22-23-19(24)18-9-8-17(26-18)14-7-6-13(20)10-15(14)21/h2-11H,1H3,(H,23,24)/b22-11+. The smallest absolute Gasteiger partial charge is 0.307 e. The van der Waals surface area contributed by atoms with Crippen molar-refractivity contribution in [3.05, 3.63) is 77.6 Å². The molecule has 0 saturated heterocycles. The first-order chi connectivity index (χ1) is 12.6. The van der Waals surface area contributed by atoms with Crippen LogP contribution >= 0.6 is 0 Å². The first-order valence-electron chi connectivity index (χ1n) is 7.60. The predicted molar refractivity (Wildman–Crippen MR) is 92.1 cm³/mol. The molecule has 26 heavy (non-hydrogen) atoms. The van der Waals surface area contributed by atoms with E-state index in [-0.39, 0.29) is 17.1 Å². The Morgan fingerprint density at radius 1 is 1.15 bits per heavy atom. The summed E-state index contributed by atoms with van der Waals surface area (Å²) >= 11 is 0. The van der Waals surface area contributed by atoms with Gasteiger partial charge < -0.3 is 9.15 Å². The molecule has 5 nitrogen and oxygen atoms in total. The van der Waals surface area contributed by atoms with E-state index in [4.69, 9.17) is 9.15 Å². The van der Waals surface area contributed by atoms with Crippen molar-refractivity contribution in [3.63, 3.8) is 0 Å². The molecule has 132 valence electrons. The van der Waals surface area contributed by atoms with Gasteiger partial charge in [-0.05, 0) is 36.4 Å². The Morgan fingerprint density at radius 3 is 2.73 bits per heavy atom. The molecule has 3 rings (SSSR count). The first kappa shape index (κ1) is 17.3. The van der Waals surface area contributed by atoms with Gasteiger partial charge in [0.25, 0.3) is 0 Å². The molecule has 7 heteroatoms. The molecule has 1 heterocycles. The van der Waals surface area contributed by atoms with Crippen LogP contribution in [0, 0.1) is 11.6 Å². The van der Waals surface area contributed by atoms with Crippen LogP contribution in [-0.2, 0) is 0 Å². The molecule has 3 aromatic rings. The van der Waals surface area contributed by atoms with E-state index in [9.17, 15) is 13.6 Å². The van der Waals surface area contributed by atoms with E-state index in [0.29, 0.717) is 11.3 Å². The Balaban J connectivity index is 1.71. The second-order valence-corrected chi connectivity index (χ2v) is 5.23. The van der Waals surface area contributed by atoms with Gasteiger partial charge in [0.1, 0.15) is 23.1 Å². The molecule has 0 fully saturated rings. The van der Waals surface area contributed by atoms with E-state index in [1.807, 2.05) is 12.1 Å². The molecule has 1 aromatic heterocycles. The Morgan fingerprint density at radius 2 is 1.96 bits per heavy atom. The van der Waals surface area contributed by atoms with E-state index < -0.39 is 17.5 Å². The highest BCUT2D eigenvalue weighted by molar-refractivity contribution is 5.93. The highest BCUT2D eigenvalue weighted by Crippen LogP contribution is 2.25. The Bertz CT molecular complexity index is 967. The van der Waals surface area contributed by atoms with Crippen LogP contribution in [0.15, 0.2) is 64.1 Å². The number of carbonyl (C=O) groups excluding carboxylic acids is 1. The number of benzene rings is 2. The van der Waals surface area contributed by atoms with Crippen LogP contribution in [0.4, 0.5) is 8.78 Å². The van der Waals surface area contributed by atoms with Crippen LogP contribution in [0.25, 0.3) is 11.3 Å². The Labute approximate surface area is 147 Å². The molecule has 0 spiro atoms. The largest absolute Gasteiger partial charge is 0.496 e. The third-order valence-electron chi connectivity index (χ3n) is 3.54. The number of hydrazone groups is 1. The molecule has 0 atom stereocenters. The minimum atomic E-state index is -0.777. The molecule has 0 bridgehead atoms. The lowest BCUT2D eigenvalue weighted by Crippen LogP contribution is -2.16. The second kappa shape index (κ2) is 7.60.